The number of carbonyl (C=O) groups excluding carboxylic acids is 1. The van der Waals surface area contributed by atoms with Gasteiger partial charge in [-0.2, -0.15) is 8.78 Å². The molecule has 0 radical (unpaired) electrons. The Hall–Kier alpha value is -1.79. The minimum atomic E-state index is -4.70. The molecule has 7 heteroatoms. The van der Waals surface area contributed by atoms with Crippen molar-refractivity contribution in [1.29, 1.82) is 0 Å². The fraction of sp³-hybridized carbons (Fsp3) is 0.417. The number of rotatable bonds is 4. The molecule has 19 heavy (non-hydrogen) atoms. The molecule has 0 spiro atoms. The quantitative estimate of drug-likeness (QED) is 0.859. The number of amides is 1. The third-order valence-electron chi connectivity index (χ3n) is 2.55. The van der Waals surface area contributed by atoms with Gasteiger partial charge in [-0.05, 0) is 30.7 Å². The number of aryl methyl sites for hydroxylation is 1. The maximum absolute atomic E-state index is 12.8. The van der Waals surface area contributed by atoms with E-state index >= 15 is 0 Å². The van der Waals surface area contributed by atoms with Gasteiger partial charge in [0.25, 0.3) is 0 Å². The summed E-state index contributed by atoms with van der Waals surface area (Å²) in [6.07, 6.45) is -4.03. The average Bonchev–Trinajstić information content (AvgIpc) is 2.30. The molecule has 0 aliphatic carbocycles. The average molecular weight is 278 g/mol. The van der Waals surface area contributed by atoms with Crippen molar-refractivity contribution in [2.24, 2.45) is 0 Å². The van der Waals surface area contributed by atoms with Gasteiger partial charge in [0.05, 0.1) is 0 Å². The Kier molecular flexibility index (Phi) is 4.39. The number of hydrogen-bond donors (Lipinski definition) is 1. The van der Waals surface area contributed by atoms with Crippen molar-refractivity contribution in [3.05, 3.63) is 23.8 Å². The Labute approximate surface area is 108 Å². The van der Waals surface area contributed by atoms with Gasteiger partial charge in [0.15, 0.2) is 0 Å². The fourth-order valence-corrected chi connectivity index (χ4v) is 1.37. The molecule has 0 atom stereocenters. The Bertz CT molecular complexity index is 475. The zero-order valence-electron chi connectivity index (χ0n) is 10.7. The van der Waals surface area contributed by atoms with Gasteiger partial charge in [0, 0.05) is 25.5 Å². The van der Waals surface area contributed by atoms with Gasteiger partial charge in [0.2, 0.25) is 0 Å². The summed E-state index contributed by atoms with van der Waals surface area (Å²) in [6.45, 7) is 1.59. The van der Waals surface area contributed by atoms with Gasteiger partial charge in [-0.1, -0.05) is 0 Å². The summed E-state index contributed by atoms with van der Waals surface area (Å²) in [5.41, 5.74) is 1.39. The summed E-state index contributed by atoms with van der Waals surface area (Å²) in [7, 11) is 3.58. The predicted octanol–water partition coefficient (Wildman–Crippen LogP) is 2.90. The van der Waals surface area contributed by atoms with E-state index in [1.54, 1.807) is 38.1 Å². The van der Waals surface area contributed by atoms with E-state index < -0.39 is 18.3 Å². The standard InChI is InChI=1S/C12H14F4N2O/c1-7-6-8(18(2)3)4-5-9(7)17-11(19)12(15,16)10(13)14/h4-6,10H,1-3H3,(H,17,19). The molecule has 0 heterocycles. The van der Waals surface area contributed by atoms with E-state index in [2.05, 4.69) is 0 Å². The molecular weight excluding hydrogens is 264 g/mol. The SMILES string of the molecule is Cc1cc(N(C)C)ccc1NC(=O)C(F)(F)C(F)F. The van der Waals surface area contributed by atoms with Crippen LogP contribution in [0.25, 0.3) is 0 Å². The van der Waals surface area contributed by atoms with Crippen molar-refractivity contribution in [2.75, 3.05) is 24.3 Å². The zero-order chi connectivity index (χ0) is 14.8. The van der Waals surface area contributed by atoms with E-state index in [1.807, 2.05) is 5.32 Å². The van der Waals surface area contributed by atoms with E-state index in [0.717, 1.165) is 5.69 Å². The van der Waals surface area contributed by atoms with Gasteiger partial charge >= 0.3 is 18.3 Å². The molecule has 0 unspecified atom stereocenters. The molecule has 0 saturated heterocycles. The van der Waals surface area contributed by atoms with Gasteiger partial charge in [0.1, 0.15) is 0 Å². The number of hydrogen-bond acceptors (Lipinski definition) is 2. The number of nitrogens with zero attached hydrogens (tertiary/aromatic N) is 1. The van der Waals surface area contributed by atoms with Gasteiger partial charge in [-0.15, -0.1) is 0 Å². The highest BCUT2D eigenvalue weighted by molar-refractivity contribution is 5.97. The molecule has 0 aromatic heterocycles. The van der Waals surface area contributed by atoms with Crippen LogP contribution < -0.4 is 10.2 Å². The Morgan fingerprint density at radius 3 is 2.32 bits per heavy atom. The van der Waals surface area contributed by atoms with Crippen molar-refractivity contribution in [2.45, 2.75) is 19.3 Å². The summed E-state index contributed by atoms with van der Waals surface area (Å²) < 4.78 is 49.6. The number of carbonyl (C=O) groups is 1. The molecule has 1 aromatic rings. The lowest BCUT2D eigenvalue weighted by Crippen LogP contribution is -2.41. The van der Waals surface area contributed by atoms with Crippen molar-refractivity contribution in [3.8, 4) is 0 Å². The lowest BCUT2D eigenvalue weighted by molar-refractivity contribution is -0.163. The normalized spacial score (nSPS) is 11.6. The Morgan fingerprint density at radius 2 is 1.89 bits per heavy atom. The van der Waals surface area contributed by atoms with E-state index in [9.17, 15) is 22.4 Å². The molecule has 3 nitrogen and oxygen atoms in total. The van der Waals surface area contributed by atoms with E-state index in [1.165, 1.54) is 6.07 Å². The highest BCUT2D eigenvalue weighted by Crippen LogP contribution is 2.27. The summed E-state index contributed by atoms with van der Waals surface area (Å²) in [6, 6.07) is 4.63. The lowest BCUT2D eigenvalue weighted by atomic mass is 10.1. The maximum Gasteiger partial charge on any atom is 0.383 e. The lowest BCUT2D eigenvalue weighted by Gasteiger charge is -2.18. The topological polar surface area (TPSA) is 32.3 Å². The summed E-state index contributed by atoms with van der Waals surface area (Å²) in [5, 5.41) is 1.81. The van der Waals surface area contributed by atoms with Gasteiger partial charge in [-0.3, -0.25) is 4.79 Å². The Morgan fingerprint density at radius 1 is 1.32 bits per heavy atom. The van der Waals surface area contributed by atoms with Crippen LogP contribution in [0.15, 0.2) is 18.2 Å². The molecule has 0 saturated carbocycles. The molecule has 1 aromatic carbocycles. The fourth-order valence-electron chi connectivity index (χ4n) is 1.37. The second kappa shape index (κ2) is 5.46. The van der Waals surface area contributed by atoms with Crippen molar-refractivity contribution < 1.29 is 22.4 Å². The molecule has 0 bridgehead atoms. The van der Waals surface area contributed by atoms with Crippen LogP contribution in [0.3, 0.4) is 0 Å². The second-order valence-corrected chi connectivity index (χ2v) is 4.27. The molecule has 0 fully saturated rings. The first kappa shape index (κ1) is 15.3. The molecule has 1 rings (SSSR count). The van der Waals surface area contributed by atoms with Crippen molar-refractivity contribution >= 4 is 17.3 Å². The van der Waals surface area contributed by atoms with Crippen LogP contribution in [0.2, 0.25) is 0 Å². The van der Waals surface area contributed by atoms with E-state index in [0.29, 0.717) is 5.56 Å². The maximum atomic E-state index is 12.8. The zero-order valence-corrected chi connectivity index (χ0v) is 10.7. The van der Waals surface area contributed by atoms with Crippen LogP contribution in [-0.4, -0.2) is 32.4 Å². The molecule has 0 aliphatic heterocycles. The van der Waals surface area contributed by atoms with Crippen LogP contribution in [0.1, 0.15) is 5.56 Å². The van der Waals surface area contributed by atoms with Crippen molar-refractivity contribution in [1.82, 2.24) is 0 Å². The van der Waals surface area contributed by atoms with E-state index in [4.69, 9.17) is 0 Å². The Balaban J connectivity index is 2.92. The number of alkyl halides is 4. The second-order valence-electron chi connectivity index (χ2n) is 4.27. The molecule has 0 aliphatic rings. The first-order valence-electron chi connectivity index (χ1n) is 5.41. The number of nitrogens with one attached hydrogen (secondary N) is 1. The largest absolute Gasteiger partial charge is 0.383 e. The third-order valence-corrected chi connectivity index (χ3v) is 2.55. The van der Waals surface area contributed by atoms with Gasteiger partial charge < -0.3 is 10.2 Å². The molecule has 106 valence electrons. The number of benzene rings is 1. The minimum absolute atomic E-state index is 0.0796. The highest BCUT2D eigenvalue weighted by Gasteiger charge is 2.49. The minimum Gasteiger partial charge on any atom is -0.378 e. The monoisotopic (exact) mass is 278 g/mol. The van der Waals surface area contributed by atoms with Crippen molar-refractivity contribution in [3.63, 3.8) is 0 Å². The van der Waals surface area contributed by atoms with Crippen LogP contribution >= 0.6 is 0 Å². The molecule has 1 N–H and O–H groups in total. The van der Waals surface area contributed by atoms with Gasteiger partial charge in [-0.25, -0.2) is 8.78 Å². The van der Waals surface area contributed by atoms with Crippen LogP contribution in [0, 0.1) is 6.92 Å². The predicted molar refractivity (Wildman–Crippen MR) is 65.1 cm³/mol. The highest BCUT2D eigenvalue weighted by atomic mass is 19.3. The summed E-state index contributed by atoms with van der Waals surface area (Å²) in [5.74, 6) is -6.71. The molecular formula is C12H14F4N2O. The van der Waals surface area contributed by atoms with Crippen LogP contribution in [-0.2, 0) is 4.79 Å². The van der Waals surface area contributed by atoms with E-state index in [-0.39, 0.29) is 5.69 Å². The first-order valence-corrected chi connectivity index (χ1v) is 5.41. The van der Waals surface area contributed by atoms with Crippen LogP contribution in [0.4, 0.5) is 28.9 Å². The summed E-state index contributed by atoms with van der Waals surface area (Å²) in [4.78, 5) is 12.9. The molecule has 1 amide bonds. The summed E-state index contributed by atoms with van der Waals surface area (Å²) >= 11 is 0. The smallest absolute Gasteiger partial charge is 0.378 e. The number of anilines is 2. The first-order chi connectivity index (χ1) is 8.66. The van der Waals surface area contributed by atoms with Crippen LogP contribution in [0.5, 0.6) is 0 Å². The number of halogens is 4. The third kappa shape index (κ3) is 3.36.